The van der Waals surface area contributed by atoms with Crippen LogP contribution in [0.5, 0.6) is 0 Å². The SMILES string of the molecule is O=C(O)c1ccc2c(c1)ncn2CC1COCCO1. The molecule has 1 saturated heterocycles. The van der Waals surface area contributed by atoms with Crippen LogP contribution in [-0.2, 0) is 16.0 Å². The smallest absolute Gasteiger partial charge is 0.335 e. The topological polar surface area (TPSA) is 73.6 Å². The van der Waals surface area contributed by atoms with Crippen LogP contribution in [0.4, 0.5) is 0 Å². The van der Waals surface area contributed by atoms with E-state index in [9.17, 15) is 4.79 Å². The number of hydrogen-bond donors (Lipinski definition) is 1. The van der Waals surface area contributed by atoms with Crippen molar-refractivity contribution < 1.29 is 19.4 Å². The first kappa shape index (κ1) is 12.1. The van der Waals surface area contributed by atoms with Gasteiger partial charge >= 0.3 is 5.97 Å². The van der Waals surface area contributed by atoms with Gasteiger partial charge in [-0.05, 0) is 18.2 Å². The first-order valence-electron chi connectivity index (χ1n) is 6.11. The van der Waals surface area contributed by atoms with E-state index in [4.69, 9.17) is 14.6 Å². The predicted octanol–water partition coefficient (Wildman–Crippen LogP) is 1.15. The molecule has 0 amide bonds. The fourth-order valence-electron chi connectivity index (χ4n) is 2.20. The monoisotopic (exact) mass is 262 g/mol. The van der Waals surface area contributed by atoms with Crippen LogP contribution in [0.15, 0.2) is 24.5 Å². The lowest BCUT2D eigenvalue weighted by atomic mass is 10.2. The molecule has 1 atom stereocenters. The average Bonchev–Trinajstić information content (AvgIpc) is 2.82. The summed E-state index contributed by atoms with van der Waals surface area (Å²) in [4.78, 5) is 15.1. The molecule has 1 fully saturated rings. The Labute approximate surface area is 109 Å². The van der Waals surface area contributed by atoms with E-state index in [1.807, 2.05) is 4.57 Å². The van der Waals surface area contributed by atoms with Crippen molar-refractivity contribution in [2.45, 2.75) is 12.6 Å². The molecule has 0 bridgehead atoms. The van der Waals surface area contributed by atoms with Gasteiger partial charge in [0, 0.05) is 0 Å². The largest absolute Gasteiger partial charge is 0.478 e. The molecule has 1 aliphatic heterocycles. The third kappa shape index (κ3) is 2.45. The fraction of sp³-hybridized carbons (Fsp3) is 0.385. The molecular weight excluding hydrogens is 248 g/mol. The molecule has 1 aromatic carbocycles. The number of carbonyl (C=O) groups is 1. The van der Waals surface area contributed by atoms with Gasteiger partial charge in [-0.3, -0.25) is 0 Å². The molecule has 19 heavy (non-hydrogen) atoms. The minimum absolute atomic E-state index is 0.0188. The van der Waals surface area contributed by atoms with Crippen LogP contribution in [0.2, 0.25) is 0 Å². The molecule has 3 rings (SSSR count). The standard InChI is InChI=1S/C13H14N2O4/c16-13(17)9-1-2-12-11(5-9)14-8-15(12)6-10-7-18-3-4-19-10/h1-2,5,8,10H,3-4,6-7H2,(H,16,17). The van der Waals surface area contributed by atoms with Crippen molar-refractivity contribution in [3.05, 3.63) is 30.1 Å². The van der Waals surface area contributed by atoms with Gasteiger partial charge in [0.15, 0.2) is 0 Å². The van der Waals surface area contributed by atoms with E-state index in [0.717, 1.165) is 5.52 Å². The van der Waals surface area contributed by atoms with Crippen LogP contribution in [0.25, 0.3) is 11.0 Å². The normalized spacial score (nSPS) is 19.7. The zero-order valence-electron chi connectivity index (χ0n) is 10.3. The maximum Gasteiger partial charge on any atom is 0.335 e. The summed E-state index contributed by atoms with van der Waals surface area (Å²) in [6, 6.07) is 4.93. The van der Waals surface area contributed by atoms with Crippen LogP contribution in [0.1, 0.15) is 10.4 Å². The lowest BCUT2D eigenvalue weighted by Gasteiger charge is -2.23. The van der Waals surface area contributed by atoms with Crippen molar-refractivity contribution in [3.63, 3.8) is 0 Å². The van der Waals surface area contributed by atoms with Gasteiger partial charge in [-0.1, -0.05) is 0 Å². The number of hydrogen-bond acceptors (Lipinski definition) is 4. The highest BCUT2D eigenvalue weighted by Gasteiger charge is 2.16. The lowest BCUT2D eigenvalue weighted by Crippen LogP contribution is -2.32. The van der Waals surface area contributed by atoms with Gasteiger partial charge < -0.3 is 19.1 Å². The van der Waals surface area contributed by atoms with Gasteiger partial charge in [0.25, 0.3) is 0 Å². The van der Waals surface area contributed by atoms with E-state index in [0.29, 0.717) is 31.9 Å². The van der Waals surface area contributed by atoms with Crippen molar-refractivity contribution in [2.75, 3.05) is 19.8 Å². The summed E-state index contributed by atoms with van der Waals surface area (Å²) in [5, 5.41) is 8.94. The maximum absolute atomic E-state index is 10.9. The molecule has 0 aliphatic carbocycles. The molecule has 0 saturated carbocycles. The minimum Gasteiger partial charge on any atom is -0.478 e. The first-order chi connectivity index (χ1) is 9.24. The molecule has 1 aromatic heterocycles. The molecule has 100 valence electrons. The minimum atomic E-state index is -0.944. The van der Waals surface area contributed by atoms with E-state index < -0.39 is 5.97 Å². The molecule has 6 heteroatoms. The predicted molar refractivity (Wildman–Crippen MR) is 67.3 cm³/mol. The number of imidazole rings is 1. The zero-order chi connectivity index (χ0) is 13.2. The number of aromatic carboxylic acids is 1. The molecule has 1 aliphatic rings. The van der Waals surface area contributed by atoms with Crippen molar-refractivity contribution in [3.8, 4) is 0 Å². The van der Waals surface area contributed by atoms with Crippen molar-refractivity contribution in [2.24, 2.45) is 0 Å². The highest BCUT2D eigenvalue weighted by molar-refractivity contribution is 5.92. The Hall–Kier alpha value is -1.92. The van der Waals surface area contributed by atoms with Gasteiger partial charge in [0.2, 0.25) is 0 Å². The Balaban J connectivity index is 1.86. The van der Waals surface area contributed by atoms with E-state index >= 15 is 0 Å². The second-order valence-corrected chi connectivity index (χ2v) is 4.47. The number of carboxylic acid groups (broad SMARTS) is 1. The van der Waals surface area contributed by atoms with Gasteiger partial charge in [0.05, 0.1) is 55.4 Å². The zero-order valence-corrected chi connectivity index (χ0v) is 10.3. The van der Waals surface area contributed by atoms with Crippen LogP contribution in [0.3, 0.4) is 0 Å². The van der Waals surface area contributed by atoms with Crippen LogP contribution in [-0.4, -0.2) is 46.6 Å². The van der Waals surface area contributed by atoms with Gasteiger partial charge in [-0.15, -0.1) is 0 Å². The molecule has 2 heterocycles. The maximum atomic E-state index is 10.9. The number of rotatable bonds is 3. The molecule has 1 N–H and O–H groups in total. The summed E-state index contributed by atoms with van der Waals surface area (Å²) in [6.07, 6.45) is 1.72. The number of ether oxygens (including phenoxy) is 2. The Morgan fingerprint density at radius 1 is 1.47 bits per heavy atom. The second-order valence-electron chi connectivity index (χ2n) is 4.47. The van der Waals surface area contributed by atoms with Crippen LogP contribution < -0.4 is 0 Å². The Morgan fingerprint density at radius 2 is 2.37 bits per heavy atom. The van der Waals surface area contributed by atoms with E-state index in [1.165, 1.54) is 0 Å². The number of aromatic nitrogens is 2. The van der Waals surface area contributed by atoms with Crippen molar-refractivity contribution in [1.29, 1.82) is 0 Å². The highest BCUT2D eigenvalue weighted by atomic mass is 16.6. The molecule has 1 unspecified atom stereocenters. The molecule has 0 radical (unpaired) electrons. The van der Waals surface area contributed by atoms with Crippen LogP contribution in [0, 0.1) is 0 Å². The van der Waals surface area contributed by atoms with E-state index in [-0.39, 0.29) is 11.7 Å². The van der Waals surface area contributed by atoms with E-state index in [1.54, 1.807) is 24.5 Å². The first-order valence-corrected chi connectivity index (χ1v) is 6.11. The molecule has 2 aromatic rings. The number of carboxylic acids is 1. The van der Waals surface area contributed by atoms with Gasteiger partial charge in [0.1, 0.15) is 0 Å². The molecular formula is C13H14N2O4. The summed E-state index contributed by atoms with van der Waals surface area (Å²) < 4.78 is 12.9. The average molecular weight is 262 g/mol. The Morgan fingerprint density at radius 3 is 3.11 bits per heavy atom. The Bertz CT molecular complexity index is 602. The number of fused-ring (bicyclic) bond motifs is 1. The fourth-order valence-corrected chi connectivity index (χ4v) is 2.20. The quantitative estimate of drug-likeness (QED) is 0.898. The van der Waals surface area contributed by atoms with Gasteiger partial charge in [-0.2, -0.15) is 0 Å². The summed E-state index contributed by atoms with van der Waals surface area (Å²) in [5.41, 5.74) is 1.82. The summed E-state index contributed by atoms with van der Waals surface area (Å²) in [7, 11) is 0. The second kappa shape index (κ2) is 4.99. The van der Waals surface area contributed by atoms with E-state index in [2.05, 4.69) is 4.98 Å². The third-order valence-electron chi connectivity index (χ3n) is 3.15. The van der Waals surface area contributed by atoms with Crippen molar-refractivity contribution >= 4 is 17.0 Å². The Kier molecular flexibility index (Phi) is 3.18. The molecule has 0 spiro atoms. The number of benzene rings is 1. The summed E-state index contributed by atoms with van der Waals surface area (Å²) in [5.74, 6) is -0.944. The lowest BCUT2D eigenvalue weighted by molar-refractivity contribution is -0.0932. The number of nitrogens with zero attached hydrogens (tertiary/aromatic N) is 2. The summed E-state index contributed by atoms with van der Waals surface area (Å²) in [6.45, 7) is 2.49. The van der Waals surface area contributed by atoms with Gasteiger partial charge in [-0.25, -0.2) is 9.78 Å². The summed E-state index contributed by atoms with van der Waals surface area (Å²) >= 11 is 0. The molecule has 6 nitrogen and oxygen atoms in total. The van der Waals surface area contributed by atoms with Crippen molar-refractivity contribution in [1.82, 2.24) is 9.55 Å². The van der Waals surface area contributed by atoms with Crippen LogP contribution >= 0.6 is 0 Å². The third-order valence-corrected chi connectivity index (χ3v) is 3.15. The highest BCUT2D eigenvalue weighted by Crippen LogP contribution is 2.16.